The fraction of sp³-hybridized carbons (Fsp3) is 0.938. The lowest BCUT2D eigenvalue weighted by Crippen LogP contribution is -2.42. The Hall–Kier alpha value is -0.730. The van der Waals surface area contributed by atoms with Crippen molar-refractivity contribution >= 4 is 5.91 Å². The van der Waals surface area contributed by atoms with Crippen LogP contribution in [-0.4, -0.2) is 78.0 Å². The highest BCUT2D eigenvalue weighted by molar-refractivity contribution is 5.77. The fourth-order valence-corrected chi connectivity index (χ4v) is 1.58. The third-order valence-corrected chi connectivity index (χ3v) is 2.50. The first-order valence-corrected chi connectivity index (χ1v) is 8.06. The molecule has 0 aromatic rings. The van der Waals surface area contributed by atoms with E-state index in [1.54, 1.807) is 7.11 Å². The van der Waals surface area contributed by atoms with Crippen LogP contribution in [-0.2, 0) is 28.5 Å². The fourth-order valence-electron chi connectivity index (χ4n) is 1.58. The first-order valence-electron chi connectivity index (χ1n) is 8.06. The average molecular weight is 335 g/mol. The second-order valence-corrected chi connectivity index (χ2v) is 6.03. The van der Waals surface area contributed by atoms with Crippen LogP contribution in [0, 0.1) is 0 Å². The number of methoxy groups -OCH3 is 1. The van der Waals surface area contributed by atoms with E-state index in [2.05, 4.69) is 5.32 Å². The third kappa shape index (κ3) is 19.2. The molecule has 138 valence electrons. The first-order chi connectivity index (χ1) is 11.0. The molecule has 0 aliphatic rings. The van der Waals surface area contributed by atoms with Gasteiger partial charge in [-0.2, -0.15) is 0 Å². The van der Waals surface area contributed by atoms with Crippen molar-refractivity contribution in [2.75, 3.05) is 66.6 Å². The van der Waals surface area contributed by atoms with Gasteiger partial charge in [0.2, 0.25) is 5.91 Å². The van der Waals surface area contributed by atoms with Crippen molar-refractivity contribution in [2.24, 2.45) is 0 Å². The molecule has 0 aliphatic heterocycles. The molecule has 0 heterocycles. The number of ether oxygens (including phenoxy) is 5. The Morgan fingerprint density at radius 2 is 1.26 bits per heavy atom. The van der Waals surface area contributed by atoms with Gasteiger partial charge in [0.1, 0.15) is 6.61 Å². The Morgan fingerprint density at radius 3 is 1.74 bits per heavy atom. The smallest absolute Gasteiger partial charge is 0.246 e. The lowest BCUT2D eigenvalue weighted by Gasteiger charge is -2.20. The van der Waals surface area contributed by atoms with Crippen LogP contribution >= 0.6 is 0 Å². The zero-order chi connectivity index (χ0) is 17.4. The topological polar surface area (TPSA) is 75.2 Å². The van der Waals surface area contributed by atoms with Gasteiger partial charge in [0, 0.05) is 25.9 Å². The maximum absolute atomic E-state index is 11.5. The van der Waals surface area contributed by atoms with E-state index in [9.17, 15) is 4.79 Å². The number of hydrogen-bond acceptors (Lipinski definition) is 6. The average Bonchev–Trinajstić information content (AvgIpc) is 2.46. The van der Waals surface area contributed by atoms with Gasteiger partial charge in [0.15, 0.2) is 0 Å². The number of hydrogen-bond donors (Lipinski definition) is 1. The Labute approximate surface area is 139 Å². The van der Waals surface area contributed by atoms with Crippen molar-refractivity contribution in [3.05, 3.63) is 0 Å². The predicted molar refractivity (Wildman–Crippen MR) is 87.7 cm³/mol. The second kappa shape index (κ2) is 14.8. The van der Waals surface area contributed by atoms with Crippen molar-refractivity contribution in [3.63, 3.8) is 0 Å². The van der Waals surface area contributed by atoms with E-state index >= 15 is 0 Å². The molecular weight excluding hydrogens is 302 g/mol. The lowest BCUT2D eigenvalue weighted by atomic mass is 10.1. The molecule has 0 spiro atoms. The monoisotopic (exact) mass is 335 g/mol. The van der Waals surface area contributed by atoms with Crippen LogP contribution in [0.15, 0.2) is 0 Å². The molecule has 0 bridgehead atoms. The summed E-state index contributed by atoms with van der Waals surface area (Å²) in [5.74, 6) is -0.119. The SMILES string of the molecule is COCCCOCCOCCOCCOCC(=O)NC(C)(C)C. The van der Waals surface area contributed by atoms with Crippen molar-refractivity contribution in [1.82, 2.24) is 5.32 Å². The largest absolute Gasteiger partial charge is 0.385 e. The Morgan fingerprint density at radius 1 is 0.783 bits per heavy atom. The van der Waals surface area contributed by atoms with Gasteiger partial charge >= 0.3 is 0 Å². The quantitative estimate of drug-likeness (QED) is 0.450. The van der Waals surface area contributed by atoms with Crippen molar-refractivity contribution in [2.45, 2.75) is 32.7 Å². The van der Waals surface area contributed by atoms with E-state index < -0.39 is 0 Å². The summed E-state index contributed by atoms with van der Waals surface area (Å²) in [6.07, 6.45) is 0.896. The highest BCUT2D eigenvalue weighted by Gasteiger charge is 2.13. The maximum atomic E-state index is 11.5. The minimum absolute atomic E-state index is 0.0531. The number of amides is 1. The molecule has 0 fully saturated rings. The van der Waals surface area contributed by atoms with E-state index in [-0.39, 0.29) is 18.1 Å². The second-order valence-electron chi connectivity index (χ2n) is 6.03. The van der Waals surface area contributed by atoms with Crippen LogP contribution in [0.2, 0.25) is 0 Å². The van der Waals surface area contributed by atoms with Gasteiger partial charge in [-0.1, -0.05) is 0 Å². The van der Waals surface area contributed by atoms with Gasteiger partial charge in [-0.3, -0.25) is 4.79 Å². The Kier molecular flexibility index (Phi) is 14.4. The van der Waals surface area contributed by atoms with E-state index in [0.717, 1.165) is 6.42 Å². The number of rotatable bonds is 15. The minimum Gasteiger partial charge on any atom is -0.385 e. The summed E-state index contributed by atoms with van der Waals surface area (Å²) in [7, 11) is 1.68. The molecule has 1 N–H and O–H groups in total. The van der Waals surface area contributed by atoms with Gasteiger partial charge in [0.25, 0.3) is 0 Å². The van der Waals surface area contributed by atoms with E-state index in [0.29, 0.717) is 52.9 Å². The molecule has 0 saturated carbocycles. The molecule has 0 aromatic heterocycles. The third-order valence-electron chi connectivity index (χ3n) is 2.50. The van der Waals surface area contributed by atoms with Gasteiger partial charge in [-0.25, -0.2) is 0 Å². The normalized spacial score (nSPS) is 11.7. The molecule has 0 aliphatic carbocycles. The Balaban J connectivity index is 3.15. The van der Waals surface area contributed by atoms with Gasteiger partial charge in [-0.05, 0) is 27.2 Å². The molecule has 7 heteroatoms. The van der Waals surface area contributed by atoms with Crippen molar-refractivity contribution in [3.8, 4) is 0 Å². The van der Waals surface area contributed by atoms with Crippen LogP contribution < -0.4 is 5.32 Å². The maximum Gasteiger partial charge on any atom is 0.246 e. The molecule has 0 saturated heterocycles. The molecule has 0 radical (unpaired) electrons. The molecule has 0 rings (SSSR count). The van der Waals surface area contributed by atoms with Crippen LogP contribution in [0.1, 0.15) is 27.2 Å². The van der Waals surface area contributed by atoms with Crippen LogP contribution in [0.3, 0.4) is 0 Å². The number of carbonyl (C=O) groups excluding carboxylic acids is 1. The first kappa shape index (κ1) is 22.3. The summed E-state index contributed by atoms with van der Waals surface area (Å²) >= 11 is 0. The van der Waals surface area contributed by atoms with Crippen LogP contribution in [0.25, 0.3) is 0 Å². The summed E-state index contributed by atoms with van der Waals surface area (Å²) in [6, 6.07) is 0. The van der Waals surface area contributed by atoms with Gasteiger partial charge in [0.05, 0.1) is 39.6 Å². The Bertz CT molecular complexity index is 280. The van der Waals surface area contributed by atoms with Crippen molar-refractivity contribution < 1.29 is 28.5 Å². The molecular formula is C16H33NO6. The molecule has 23 heavy (non-hydrogen) atoms. The molecule has 0 atom stereocenters. The minimum atomic E-state index is -0.234. The number of nitrogens with one attached hydrogen (secondary N) is 1. The van der Waals surface area contributed by atoms with Gasteiger partial charge in [-0.15, -0.1) is 0 Å². The van der Waals surface area contributed by atoms with Crippen LogP contribution in [0.5, 0.6) is 0 Å². The zero-order valence-corrected chi connectivity index (χ0v) is 15.0. The summed E-state index contributed by atoms with van der Waals surface area (Å²) in [6.45, 7) is 10.2. The zero-order valence-electron chi connectivity index (χ0n) is 15.0. The number of carbonyl (C=O) groups is 1. The molecule has 0 unspecified atom stereocenters. The van der Waals surface area contributed by atoms with E-state index in [1.807, 2.05) is 20.8 Å². The molecule has 0 aromatic carbocycles. The highest BCUT2D eigenvalue weighted by Crippen LogP contribution is 1.97. The predicted octanol–water partition coefficient (Wildman–Crippen LogP) is 1.00. The summed E-state index contributed by atoms with van der Waals surface area (Å²) in [5, 5.41) is 2.82. The van der Waals surface area contributed by atoms with E-state index in [1.165, 1.54) is 0 Å². The highest BCUT2D eigenvalue weighted by atomic mass is 16.6. The van der Waals surface area contributed by atoms with E-state index in [4.69, 9.17) is 23.7 Å². The summed E-state index contributed by atoms with van der Waals surface area (Å²) in [4.78, 5) is 11.5. The summed E-state index contributed by atoms with van der Waals surface area (Å²) in [5.41, 5.74) is -0.234. The standard InChI is InChI=1S/C16H33NO6/c1-16(2,3)17-15(18)14-23-13-12-22-11-10-21-9-8-20-7-5-6-19-4/h5-14H2,1-4H3,(H,17,18). The summed E-state index contributed by atoms with van der Waals surface area (Å²) < 4.78 is 26.2. The van der Waals surface area contributed by atoms with Gasteiger partial charge < -0.3 is 29.0 Å². The molecule has 1 amide bonds. The molecule has 7 nitrogen and oxygen atoms in total. The van der Waals surface area contributed by atoms with Crippen molar-refractivity contribution in [1.29, 1.82) is 0 Å². The lowest BCUT2D eigenvalue weighted by molar-refractivity contribution is -0.127. The van der Waals surface area contributed by atoms with Crippen LogP contribution in [0.4, 0.5) is 0 Å².